The molecule has 106 valence electrons. The summed E-state index contributed by atoms with van der Waals surface area (Å²) in [6.45, 7) is 12.1. The molecule has 0 aromatic carbocycles. The van der Waals surface area contributed by atoms with E-state index >= 15 is 0 Å². The van der Waals surface area contributed by atoms with Crippen LogP contribution in [-0.4, -0.2) is 49.2 Å². The number of nitrogens with zero attached hydrogens (tertiary/aromatic N) is 3. The Balaban J connectivity index is 1.91. The molecule has 1 saturated heterocycles. The van der Waals surface area contributed by atoms with Crippen LogP contribution in [-0.2, 0) is 6.54 Å². The van der Waals surface area contributed by atoms with E-state index in [-0.39, 0.29) is 0 Å². The van der Waals surface area contributed by atoms with Crippen molar-refractivity contribution in [2.24, 2.45) is 0 Å². The minimum absolute atomic E-state index is 0.943. The fraction of sp³-hybridized carbons (Fsp3) is 0.667. The summed E-state index contributed by atoms with van der Waals surface area (Å²) in [5, 5.41) is 3.44. The molecular formula is C15H26N4. The number of hydrogen-bond donors (Lipinski definition) is 1. The van der Waals surface area contributed by atoms with Gasteiger partial charge in [-0.2, -0.15) is 0 Å². The maximum atomic E-state index is 4.52. The first kappa shape index (κ1) is 14.3. The van der Waals surface area contributed by atoms with Gasteiger partial charge in [0.1, 0.15) is 5.82 Å². The maximum absolute atomic E-state index is 4.52. The lowest BCUT2D eigenvalue weighted by atomic mass is 10.2. The Morgan fingerprint density at radius 3 is 2.68 bits per heavy atom. The van der Waals surface area contributed by atoms with Gasteiger partial charge in [-0.05, 0) is 37.2 Å². The molecule has 1 aromatic heterocycles. The van der Waals surface area contributed by atoms with E-state index in [1.807, 2.05) is 6.20 Å². The van der Waals surface area contributed by atoms with Crippen molar-refractivity contribution in [3.8, 4) is 0 Å². The highest BCUT2D eigenvalue weighted by Crippen LogP contribution is 2.15. The van der Waals surface area contributed by atoms with Gasteiger partial charge in [0, 0.05) is 38.9 Å². The number of hydrogen-bond acceptors (Lipinski definition) is 4. The largest absolute Gasteiger partial charge is 0.354 e. The van der Waals surface area contributed by atoms with Crippen molar-refractivity contribution in [3.63, 3.8) is 0 Å². The molecule has 1 N–H and O–H groups in total. The van der Waals surface area contributed by atoms with Gasteiger partial charge in [0.2, 0.25) is 0 Å². The predicted octanol–water partition coefficient (Wildman–Crippen LogP) is 1.72. The lowest BCUT2D eigenvalue weighted by molar-refractivity contribution is 0.270. The van der Waals surface area contributed by atoms with E-state index in [0.717, 1.165) is 51.6 Å². The molecule has 0 atom stereocenters. The van der Waals surface area contributed by atoms with E-state index in [0.29, 0.717) is 0 Å². The third-order valence-corrected chi connectivity index (χ3v) is 3.71. The number of pyridine rings is 1. The Kier molecular flexibility index (Phi) is 5.61. The molecule has 4 heteroatoms. The van der Waals surface area contributed by atoms with Crippen LogP contribution in [0.25, 0.3) is 0 Å². The number of anilines is 1. The van der Waals surface area contributed by atoms with Gasteiger partial charge in [0.25, 0.3) is 0 Å². The first-order chi connectivity index (χ1) is 9.33. The van der Waals surface area contributed by atoms with Crippen LogP contribution in [0.5, 0.6) is 0 Å². The SMILES string of the molecule is CCCNCc1ccnc(N2CCN(CC)CC2)c1. The summed E-state index contributed by atoms with van der Waals surface area (Å²) in [6.07, 6.45) is 3.11. The quantitative estimate of drug-likeness (QED) is 0.791. The van der Waals surface area contributed by atoms with Crippen LogP contribution in [0, 0.1) is 0 Å². The number of aromatic nitrogens is 1. The molecule has 0 aliphatic carbocycles. The topological polar surface area (TPSA) is 31.4 Å². The van der Waals surface area contributed by atoms with E-state index in [9.17, 15) is 0 Å². The third-order valence-electron chi connectivity index (χ3n) is 3.71. The van der Waals surface area contributed by atoms with Crippen LogP contribution < -0.4 is 10.2 Å². The first-order valence-corrected chi connectivity index (χ1v) is 7.46. The summed E-state index contributed by atoms with van der Waals surface area (Å²) in [6, 6.07) is 4.33. The lowest BCUT2D eigenvalue weighted by Gasteiger charge is -2.34. The van der Waals surface area contributed by atoms with E-state index < -0.39 is 0 Å². The van der Waals surface area contributed by atoms with Crippen LogP contribution in [0.1, 0.15) is 25.8 Å². The van der Waals surface area contributed by atoms with Gasteiger partial charge in [0.05, 0.1) is 0 Å². The fourth-order valence-corrected chi connectivity index (χ4v) is 2.45. The second-order valence-corrected chi connectivity index (χ2v) is 5.12. The van der Waals surface area contributed by atoms with Crippen molar-refractivity contribution in [2.45, 2.75) is 26.8 Å². The van der Waals surface area contributed by atoms with E-state index in [1.54, 1.807) is 0 Å². The Morgan fingerprint density at radius 1 is 1.21 bits per heavy atom. The molecule has 0 unspecified atom stereocenters. The monoisotopic (exact) mass is 262 g/mol. The first-order valence-electron chi connectivity index (χ1n) is 7.46. The number of nitrogens with one attached hydrogen (secondary N) is 1. The molecule has 2 rings (SSSR count). The normalized spacial score (nSPS) is 16.8. The lowest BCUT2D eigenvalue weighted by Crippen LogP contribution is -2.46. The average molecular weight is 262 g/mol. The summed E-state index contributed by atoms with van der Waals surface area (Å²) >= 11 is 0. The standard InChI is InChI=1S/C15H26N4/c1-3-6-16-13-14-5-7-17-15(12-14)19-10-8-18(4-2)9-11-19/h5,7,12,16H,3-4,6,8-11,13H2,1-2H3. The molecule has 4 nitrogen and oxygen atoms in total. The molecule has 1 aromatic rings. The second-order valence-electron chi connectivity index (χ2n) is 5.12. The molecule has 0 saturated carbocycles. The summed E-state index contributed by atoms with van der Waals surface area (Å²) in [5.74, 6) is 1.13. The molecule has 0 radical (unpaired) electrons. The van der Waals surface area contributed by atoms with Crippen molar-refractivity contribution < 1.29 is 0 Å². The summed E-state index contributed by atoms with van der Waals surface area (Å²) in [5.41, 5.74) is 1.33. The van der Waals surface area contributed by atoms with Crippen LogP contribution in [0.15, 0.2) is 18.3 Å². The highest BCUT2D eigenvalue weighted by Gasteiger charge is 2.16. The number of rotatable bonds is 6. The zero-order valence-corrected chi connectivity index (χ0v) is 12.2. The summed E-state index contributed by atoms with van der Waals surface area (Å²) < 4.78 is 0. The number of piperazine rings is 1. The Hall–Kier alpha value is -1.13. The van der Waals surface area contributed by atoms with Crippen molar-refractivity contribution in [1.82, 2.24) is 15.2 Å². The van der Waals surface area contributed by atoms with Crippen molar-refractivity contribution in [1.29, 1.82) is 0 Å². The zero-order valence-electron chi connectivity index (χ0n) is 12.2. The van der Waals surface area contributed by atoms with Crippen LogP contribution >= 0.6 is 0 Å². The van der Waals surface area contributed by atoms with Gasteiger partial charge in [-0.1, -0.05) is 13.8 Å². The van der Waals surface area contributed by atoms with Crippen LogP contribution in [0.4, 0.5) is 5.82 Å². The average Bonchev–Trinajstić information content (AvgIpc) is 2.48. The van der Waals surface area contributed by atoms with Crippen LogP contribution in [0.3, 0.4) is 0 Å². The Labute approximate surface area is 116 Å². The molecule has 19 heavy (non-hydrogen) atoms. The molecular weight excluding hydrogens is 236 g/mol. The molecule has 2 heterocycles. The molecule has 0 spiro atoms. The highest BCUT2D eigenvalue weighted by atomic mass is 15.3. The van der Waals surface area contributed by atoms with Gasteiger partial charge in [-0.25, -0.2) is 4.98 Å². The van der Waals surface area contributed by atoms with E-state index in [1.165, 1.54) is 12.0 Å². The van der Waals surface area contributed by atoms with Gasteiger partial charge in [-0.3, -0.25) is 0 Å². The van der Waals surface area contributed by atoms with Gasteiger partial charge >= 0.3 is 0 Å². The Morgan fingerprint density at radius 2 is 2.00 bits per heavy atom. The van der Waals surface area contributed by atoms with Crippen molar-refractivity contribution in [2.75, 3.05) is 44.2 Å². The van der Waals surface area contributed by atoms with Gasteiger partial charge in [-0.15, -0.1) is 0 Å². The molecule has 1 aliphatic rings. The van der Waals surface area contributed by atoms with Crippen LogP contribution in [0.2, 0.25) is 0 Å². The minimum Gasteiger partial charge on any atom is -0.354 e. The fourth-order valence-electron chi connectivity index (χ4n) is 2.45. The molecule has 0 bridgehead atoms. The highest BCUT2D eigenvalue weighted by molar-refractivity contribution is 5.41. The molecule has 1 aliphatic heterocycles. The van der Waals surface area contributed by atoms with Gasteiger partial charge < -0.3 is 15.1 Å². The Bertz CT molecular complexity index is 372. The van der Waals surface area contributed by atoms with E-state index in [2.05, 4.69) is 46.1 Å². The predicted molar refractivity (Wildman–Crippen MR) is 80.6 cm³/mol. The minimum atomic E-state index is 0.943. The molecule has 1 fully saturated rings. The summed E-state index contributed by atoms with van der Waals surface area (Å²) in [4.78, 5) is 9.41. The van der Waals surface area contributed by atoms with Crippen molar-refractivity contribution in [3.05, 3.63) is 23.9 Å². The smallest absolute Gasteiger partial charge is 0.128 e. The third kappa shape index (κ3) is 4.18. The van der Waals surface area contributed by atoms with E-state index in [4.69, 9.17) is 0 Å². The summed E-state index contributed by atoms with van der Waals surface area (Å²) in [7, 11) is 0. The number of likely N-dealkylation sites (N-methyl/N-ethyl adjacent to an activating group) is 1. The van der Waals surface area contributed by atoms with Gasteiger partial charge in [0.15, 0.2) is 0 Å². The van der Waals surface area contributed by atoms with Crippen molar-refractivity contribution >= 4 is 5.82 Å². The second kappa shape index (κ2) is 7.46. The molecule has 0 amide bonds. The maximum Gasteiger partial charge on any atom is 0.128 e. The zero-order chi connectivity index (χ0) is 13.5.